The summed E-state index contributed by atoms with van der Waals surface area (Å²) in [5, 5.41) is 0. The van der Waals surface area contributed by atoms with E-state index in [9.17, 15) is 4.79 Å². The lowest BCUT2D eigenvalue weighted by molar-refractivity contribution is 0.0484. The van der Waals surface area contributed by atoms with Gasteiger partial charge in [-0.15, -0.1) is 0 Å². The number of carbonyl (C=O) groups excluding carboxylic acids is 1. The smallest absolute Gasteiger partial charge is 0.254 e. The van der Waals surface area contributed by atoms with E-state index in [1.807, 2.05) is 24.0 Å². The van der Waals surface area contributed by atoms with Crippen molar-refractivity contribution in [2.24, 2.45) is 5.92 Å². The van der Waals surface area contributed by atoms with Crippen LogP contribution in [0.3, 0.4) is 0 Å². The molecule has 0 aliphatic carbocycles. The van der Waals surface area contributed by atoms with Gasteiger partial charge in [-0.2, -0.15) is 0 Å². The molecule has 1 amide bonds. The van der Waals surface area contributed by atoms with Crippen LogP contribution in [0.15, 0.2) is 18.2 Å². The second kappa shape index (κ2) is 6.94. The third kappa shape index (κ3) is 4.21. The van der Waals surface area contributed by atoms with Gasteiger partial charge >= 0.3 is 0 Å². The monoisotopic (exact) mass is 290 g/mol. The first-order chi connectivity index (χ1) is 9.97. The molecule has 21 heavy (non-hydrogen) atoms. The molecule has 1 aliphatic rings. The van der Waals surface area contributed by atoms with E-state index in [1.54, 1.807) is 6.07 Å². The summed E-state index contributed by atoms with van der Waals surface area (Å²) in [5.74, 6) is 0.717. The Kier molecular flexibility index (Phi) is 5.23. The summed E-state index contributed by atoms with van der Waals surface area (Å²) in [6, 6.07) is 5.49. The second-order valence-corrected chi connectivity index (χ2v) is 6.29. The normalized spacial score (nSPS) is 18.5. The topological polar surface area (TPSA) is 55.6 Å². The molecule has 1 atom stereocenters. The van der Waals surface area contributed by atoms with Gasteiger partial charge in [0.15, 0.2) is 0 Å². The molecule has 116 valence electrons. The van der Waals surface area contributed by atoms with Crippen LogP contribution in [0.25, 0.3) is 0 Å². The van der Waals surface area contributed by atoms with Crippen LogP contribution in [0.4, 0.5) is 5.69 Å². The van der Waals surface area contributed by atoms with Gasteiger partial charge in [-0.25, -0.2) is 0 Å². The number of carbonyl (C=O) groups is 1. The van der Waals surface area contributed by atoms with E-state index >= 15 is 0 Å². The Balaban J connectivity index is 1.91. The lowest BCUT2D eigenvalue weighted by Crippen LogP contribution is -2.30. The summed E-state index contributed by atoms with van der Waals surface area (Å²) in [7, 11) is 0. The summed E-state index contributed by atoms with van der Waals surface area (Å²) in [6.45, 7) is 8.55. The number of hydrogen-bond donors (Lipinski definition) is 1. The molecule has 1 aromatic rings. The summed E-state index contributed by atoms with van der Waals surface area (Å²) >= 11 is 0. The summed E-state index contributed by atoms with van der Waals surface area (Å²) in [6.07, 6.45) is 2.17. The second-order valence-electron chi connectivity index (χ2n) is 6.29. The van der Waals surface area contributed by atoms with Crippen molar-refractivity contribution in [3.63, 3.8) is 0 Å². The number of hydrogen-bond acceptors (Lipinski definition) is 3. The Morgan fingerprint density at radius 1 is 1.48 bits per heavy atom. The molecule has 0 aromatic heterocycles. The summed E-state index contributed by atoms with van der Waals surface area (Å²) in [5.41, 5.74) is 8.10. The first-order valence-electron chi connectivity index (χ1n) is 7.74. The average Bonchev–Trinajstić information content (AvgIpc) is 2.89. The zero-order valence-corrected chi connectivity index (χ0v) is 13.3. The predicted octanol–water partition coefficient (Wildman–Crippen LogP) is 2.85. The van der Waals surface area contributed by atoms with Crippen LogP contribution in [-0.2, 0) is 4.74 Å². The largest absolute Gasteiger partial charge is 0.399 e. The van der Waals surface area contributed by atoms with Crippen molar-refractivity contribution >= 4 is 11.6 Å². The van der Waals surface area contributed by atoms with Gasteiger partial charge in [0.2, 0.25) is 0 Å². The Labute approximate surface area is 127 Å². The Bertz CT molecular complexity index is 500. The number of likely N-dealkylation sites (tertiary alicyclic amines) is 1. The van der Waals surface area contributed by atoms with Gasteiger partial charge in [0.05, 0.1) is 6.10 Å². The van der Waals surface area contributed by atoms with Gasteiger partial charge in [-0.05, 0) is 43.4 Å². The fraction of sp³-hybridized carbons (Fsp3) is 0.588. The highest BCUT2D eigenvalue weighted by atomic mass is 16.5. The van der Waals surface area contributed by atoms with Crippen LogP contribution in [0.2, 0.25) is 0 Å². The molecule has 4 heteroatoms. The number of aryl methyl sites for hydroxylation is 1. The van der Waals surface area contributed by atoms with Gasteiger partial charge in [0, 0.05) is 30.9 Å². The van der Waals surface area contributed by atoms with Crippen molar-refractivity contribution in [3.05, 3.63) is 29.3 Å². The van der Waals surface area contributed by atoms with Crippen molar-refractivity contribution < 1.29 is 9.53 Å². The van der Waals surface area contributed by atoms with Crippen LogP contribution in [-0.4, -0.2) is 36.6 Å². The molecular formula is C17H26N2O2. The maximum absolute atomic E-state index is 12.6. The van der Waals surface area contributed by atoms with E-state index in [1.165, 1.54) is 0 Å². The van der Waals surface area contributed by atoms with Crippen LogP contribution >= 0.6 is 0 Å². The molecule has 0 bridgehead atoms. The standard InChI is InChI=1S/C17H26N2O2/c1-12(2)7-9-21-15-6-8-19(11-15)17(20)16-10-14(18)5-4-13(16)3/h4-5,10,12,15H,6-9,11,18H2,1-3H3. The van der Waals surface area contributed by atoms with E-state index < -0.39 is 0 Å². The number of nitrogens with zero attached hydrogens (tertiary/aromatic N) is 1. The Morgan fingerprint density at radius 2 is 2.24 bits per heavy atom. The van der Waals surface area contributed by atoms with Crippen LogP contribution < -0.4 is 5.73 Å². The van der Waals surface area contributed by atoms with E-state index in [2.05, 4.69) is 13.8 Å². The van der Waals surface area contributed by atoms with E-state index in [4.69, 9.17) is 10.5 Å². The van der Waals surface area contributed by atoms with Gasteiger partial charge in [0.1, 0.15) is 0 Å². The van der Waals surface area contributed by atoms with Crippen LogP contribution in [0.1, 0.15) is 42.6 Å². The number of rotatable bonds is 5. The molecule has 4 nitrogen and oxygen atoms in total. The number of nitrogens with two attached hydrogens (primary N) is 1. The molecule has 1 aromatic carbocycles. The van der Waals surface area contributed by atoms with Gasteiger partial charge in [-0.1, -0.05) is 19.9 Å². The molecule has 1 saturated heterocycles. The van der Waals surface area contributed by atoms with Crippen LogP contribution in [0, 0.1) is 12.8 Å². The van der Waals surface area contributed by atoms with E-state index in [0.29, 0.717) is 23.7 Å². The third-order valence-corrected chi connectivity index (χ3v) is 3.97. The maximum Gasteiger partial charge on any atom is 0.254 e. The van der Waals surface area contributed by atoms with Gasteiger partial charge in [-0.3, -0.25) is 4.79 Å². The molecule has 1 unspecified atom stereocenters. The van der Waals surface area contributed by atoms with Gasteiger partial charge in [0.25, 0.3) is 5.91 Å². The maximum atomic E-state index is 12.6. The average molecular weight is 290 g/mol. The zero-order valence-electron chi connectivity index (χ0n) is 13.3. The minimum Gasteiger partial charge on any atom is -0.399 e. The fourth-order valence-electron chi connectivity index (χ4n) is 2.56. The van der Waals surface area contributed by atoms with Crippen molar-refractivity contribution in [2.45, 2.75) is 39.7 Å². The Morgan fingerprint density at radius 3 is 2.95 bits per heavy atom. The first kappa shape index (κ1) is 15.8. The number of amides is 1. The highest BCUT2D eigenvalue weighted by Gasteiger charge is 2.28. The fourth-order valence-corrected chi connectivity index (χ4v) is 2.56. The van der Waals surface area contributed by atoms with E-state index in [0.717, 1.165) is 31.6 Å². The molecular weight excluding hydrogens is 264 g/mol. The zero-order chi connectivity index (χ0) is 15.4. The first-order valence-corrected chi connectivity index (χ1v) is 7.74. The number of ether oxygens (including phenoxy) is 1. The molecule has 0 spiro atoms. The Hall–Kier alpha value is -1.55. The molecule has 1 fully saturated rings. The van der Waals surface area contributed by atoms with Crippen molar-refractivity contribution in [3.8, 4) is 0 Å². The number of nitrogen functional groups attached to an aromatic ring is 1. The van der Waals surface area contributed by atoms with E-state index in [-0.39, 0.29) is 12.0 Å². The lowest BCUT2D eigenvalue weighted by Gasteiger charge is -2.18. The molecule has 0 radical (unpaired) electrons. The highest BCUT2D eigenvalue weighted by Crippen LogP contribution is 2.20. The third-order valence-electron chi connectivity index (χ3n) is 3.97. The summed E-state index contributed by atoms with van der Waals surface area (Å²) in [4.78, 5) is 14.4. The summed E-state index contributed by atoms with van der Waals surface area (Å²) < 4.78 is 5.87. The molecule has 2 rings (SSSR count). The predicted molar refractivity (Wildman–Crippen MR) is 85.3 cm³/mol. The highest BCUT2D eigenvalue weighted by molar-refractivity contribution is 5.96. The van der Waals surface area contributed by atoms with Crippen molar-refractivity contribution in [1.29, 1.82) is 0 Å². The molecule has 0 saturated carbocycles. The minimum atomic E-state index is 0.0646. The van der Waals surface area contributed by atoms with Gasteiger partial charge < -0.3 is 15.4 Å². The SMILES string of the molecule is Cc1ccc(N)cc1C(=O)N1CCC(OCCC(C)C)C1. The number of anilines is 1. The van der Waals surface area contributed by atoms with Crippen molar-refractivity contribution in [2.75, 3.05) is 25.4 Å². The lowest BCUT2D eigenvalue weighted by atomic mass is 10.1. The number of benzene rings is 1. The molecule has 1 heterocycles. The van der Waals surface area contributed by atoms with Crippen molar-refractivity contribution in [1.82, 2.24) is 4.90 Å². The molecule has 1 aliphatic heterocycles. The van der Waals surface area contributed by atoms with Crippen LogP contribution in [0.5, 0.6) is 0 Å². The minimum absolute atomic E-state index is 0.0646. The molecule has 2 N–H and O–H groups in total. The quantitative estimate of drug-likeness (QED) is 0.848.